The lowest BCUT2D eigenvalue weighted by atomic mass is 10.0. The molecule has 0 aliphatic carbocycles. The largest absolute Gasteiger partial charge is 0.354 e. The Kier molecular flexibility index (Phi) is 2.90. The van der Waals surface area contributed by atoms with E-state index in [4.69, 9.17) is 0 Å². The Bertz CT molecular complexity index is 274. The number of nitrogens with one attached hydrogen (secondary N) is 2. The molecule has 0 unspecified atom stereocenters. The van der Waals surface area contributed by atoms with Gasteiger partial charge in [0.25, 0.3) is 0 Å². The quantitative estimate of drug-likeness (QED) is 0.626. The number of nitrogens with zero attached hydrogens (tertiary/aromatic N) is 1. The van der Waals surface area contributed by atoms with Crippen LogP contribution in [0.25, 0.3) is 0 Å². The number of likely N-dealkylation sites (tertiary alicyclic amines) is 1. The zero-order valence-corrected chi connectivity index (χ0v) is 8.95. The lowest BCUT2D eigenvalue weighted by Gasteiger charge is -2.36. The molecule has 0 saturated carbocycles. The molecule has 2 amide bonds. The van der Waals surface area contributed by atoms with Crippen LogP contribution in [0.5, 0.6) is 0 Å². The number of carbonyl (C=O) groups excluding carboxylic acids is 2. The molecule has 2 N–H and O–H groups in total. The van der Waals surface area contributed by atoms with Crippen LogP contribution in [0.4, 0.5) is 0 Å². The molecule has 1 atom stereocenters. The van der Waals surface area contributed by atoms with Gasteiger partial charge in [0, 0.05) is 32.0 Å². The molecule has 2 heterocycles. The van der Waals surface area contributed by atoms with Gasteiger partial charge in [0.15, 0.2) is 0 Å². The number of amides is 2. The second-order valence-electron chi connectivity index (χ2n) is 4.49. The molecule has 0 spiro atoms. The fraction of sp³-hybridized carbons (Fsp3) is 0.800. The van der Waals surface area contributed by atoms with Gasteiger partial charge in [0.05, 0.1) is 0 Å². The highest BCUT2D eigenvalue weighted by Gasteiger charge is 2.29. The van der Waals surface area contributed by atoms with Crippen LogP contribution in [-0.4, -0.2) is 49.4 Å². The van der Waals surface area contributed by atoms with Gasteiger partial charge >= 0.3 is 0 Å². The predicted molar refractivity (Wildman–Crippen MR) is 55.2 cm³/mol. The predicted octanol–water partition coefficient (Wildman–Crippen LogP) is -1.06. The van der Waals surface area contributed by atoms with E-state index < -0.39 is 0 Å². The van der Waals surface area contributed by atoms with Crippen molar-refractivity contribution in [2.45, 2.75) is 18.9 Å². The minimum absolute atomic E-state index is 0.0153. The van der Waals surface area contributed by atoms with Crippen molar-refractivity contribution >= 4 is 11.8 Å². The number of hydrogen-bond acceptors (Lipinski definition) is 3. The smallest absolute Gasteiger partial charge is 0.242 e. The first-order chi connectivity index (χ1) is 7.15. The second kappa shape index (κ2) is 4.18. The van der Waals surface area contributed by atoms with Crippen LogP contribution in [0.3, 0.4) is 0 Å². The topological polar surface area (TPSA) is 61.4 Å². The summed E-state index contributed by atoms with van der Waals surface area (Å²) in [5, 5.41) is 5.55. The van der Waals surface area contributed by atoms with Gasteiger partial charge in [0.1, 0.15) is 6.04 Å². The average Bonchev–Trinajstić information content (AvgIpc) is 2.57. The van der Waals surface area contributed by atoms with Crippen molar-refractivity contribution in [3.63, 3.8) is 0 Å². The summed E-state index contributed by atoms with van der Waals surface area (Å²) in [5.41, 5.74) is 0. The third-order valence-corrected chi connectivity index (χ3v) is 3.02. The molecule has 5 nitrogen and oxygen atoms in total. The zero-order valence-electron chi connectivity index (χ0n) is 8.95. The molecule has 15 heavy (non-hydrogen) atoms. The van der Waals surface area contributed by atoms with Crippen molar-refractivity contribution in [2.24, 2.45) is 5.92 Å². The normalized spacial score (nSPS) is 27.3. The molecule has 2 aliphatic heterocycles. The molecule has 2 aliphatic rings. The lowest BCUT2D eigenvalue weighted by molar-refractivity contribution is -0.126. The summed E-state index contributed by atoms with van der Waals surface area (Å²) >= 11 is 0. The summed E-state index contributed by atoms with van der Waals surface area (Å²) in [6.45, 7) is 2.84. The minimum atomic E-state index is -0.296. The highest BCUT2D eigenvalue weighted by molar-refractivity contribution is 5.90. The van der Waals surface area contributed by atoms with Crippen LogP contribution >= 0.6 is 0 Å². The molecule has 2 fully saturated rings. The number of carbonyl (C=O) groups is 2. The van der Waals surface area contributed by atoms with Crippen LogP contribution in [0, 0.1) is 5.92 Å². The van der Waals surface area contributed by atoms with Gasteiger partial charge in [0.2, 0.25) is 11.8 Å². The van der Waals surface area contributed by atoms with Gasteiger partial charge in [-0.25, -0.2) is 0 Å². The van der Waals surface area contributed by atoms with Gasteiger partial charge in [-0.2, -0.15) is 0 Å². The van der Waals surface area contributed by atoms with E-state index in [1.54, 1.807) is 0 Å². The fourth-order valence-corrected chi connectivity index (χ4v) is 2.14. The molecule has 0 aromatic heterocycles. The average molecular weight is 211 g/mol. The van der Waals surface area contributed by atoms with Crippen molar-refractivity contribution in [3.05, 3.63) is 0 Å². The molecular formula is C10H17N3O2. The van der Waals surface area contributed by atoms with E-state index in [2.05, 4.69) is 22.6 Å². The summed E-state index contributed by atoms with van der Waals surface area (Å²) in [5.74, 6) is 0.532. The summed E-state index contributed by atoms with van der Waals surface area (Å²) in [6, 6.07) is -0.296. The van der Waals surface area contributed by atoms with Crippen LogP contribution in [-0.2, 0) is 9.59 Å². The third-order valence-electron chi connectivity index (χ3n) is 3.02. The molecular weight excluding hydrogens is 194 g/mol. The van der Waals surface area contributed by atoms with E-state index >= 15 is 0 Å². The Balaban J connectivity index is 1.66. The van der Waals surface area contributed by atoms with Crippen molar-refractivity contribution in [3.8, 4) is 0 Å². The van der Waals surface area contributed by atoms with Gasteiger partial charge in [-0.3, -0.25) is 9.59 Å². The summed E-state index contributed by atoms with van der Waals surface area (Å²) in [6.07, 6.45) is 1.11. The maximum atomic E-state index is 11.6. The Morgan fingerprint density at radius 1 is 1.60 bits per heavy atom. The zero-order chi connectivity index (χ0) is 10.8. The first-order valence-electron chi connectivity index (χ1n) is 5.41. The van der Waals surface area contributed by atoms with E-state index in [-0.39, 0.29) is 17.9 Å². The van der Waals surface area contributed by atoms with E-state index in [0.29, 0.717) is 18.8 Å². The second-order valence-corrected chi connectivity index (χ2v) is 4.49. The van der Waals surface area contributed by atoms with Crippen molar-refractivity contribution in [2.75, 3.05) is 26.7 Å². The Morgan fingerprint density at radius 2 is 2.33 bits per heavy atom. The molecule has 5 heteroatoms. The molecule has 0 aromatic carbocycles. The Hall–Kier alpha value is -1.10. The fourth-order valence-electron chi connectivity index (χ4n) is 2.14. The number of rotatable bonds is 3. The van der Waals surface area contributed by atoms with E-state index in [9.17, 15) is 9.59 Å². The summed E-state index contributed by atoms with van der Waals surface area (Å²) in [4.78, 5) is 24.7. The minimum Gasteiger partial charge on any atom is -0.354 e. The van der Waals surface area contributed by atoms with E-state index in [0.717, 1.165) is 19.6 Å². The Labute approximate surface area is 89.2 Å². The first-order valence-corrected chi connectivity index (χ1v) is 5.41. The van der Waals surface area contributed by atoms with Gasteiger partial charge < -0.3 is 15.5 Å². The van der Waals surface area contributed by atoms with Gasteiger partial charge in [-0.05, 0) is 13.5 Å². The van der Waals surface area contributed by atoms with Gasteiger partial charge in [-0.1, -0.05) is 0 Å². The van der Waals surface area contributed by atoms with E-state index in [1.807, 2.05) is 0 Å². The molecule has 84 valence electrons. The third kappa shape index (κ3) is 2.47. The molecule has 0 aromatic rings. The van der Waals surface area contributed by atoms with E-state index in [1.165, 1.54) is 0 Å². The van der Waals surface area contributed by atoms with Crippen LogP contribution in [0.1, 0.15) is 12.8 Å². The van der Waals surface area contributed by atoms with Crippen LogP contribution < -0.4 is 10.6 Å². The summed E-state index contributed by atoms with van der Waals surface area (Å²) < 4.78 is 0. The highest BCUT2D eigenvalue weighted by atomic mass is 16.2. The molecule has 2 rings (SSSR count). The number of hydrogen-bond donors (Lipinski definition) is 2. The van der Waals surface area contributed by atoms with Crippen molar-refractivity contribution in [1.29, 1.82) is 0 Å². The van der Waals surface area contributed by atoms with Crippen molar-refractivity contribution in [1.82, 2.24) is 15.5 Å². The standard InChI is InChI=1S/C10H17N3O2/c1-13-5-7(6-13)4-11-10(15)8-2-3-9(14)12-8/h7-8H,2-6H2,1H3,(H,11,15)(H,12,14)/t8-/m0/s1. The monoisotopic (exact) mass is 211 g/mol. The SMILES string of the molecule is CN1CC(CNC(=O)[C@@H]2CCC(=O)N2)C1. The Morgan fingerprint density at radius 3 is 2.87 bits per heavy atom. The summed E-state index contributed by atoms with van der Waals surface area (Å²) in [7, 11) is 2.06. The molecule has 0 bridgehead atoms. The highest BCUT2D eigenvalue weighted by Crippen LogP contribution is 2.11. The molecule has 0 radical (unpaired) electrons. The maximum Gasteiger partial charge on any atom is 0.242 e. The maximum absolute atomic E-state index is 11.6. The first kappa shape index (κ1) is 10.4. The van der Waals surface area contributed by atoms with Crippen LogP contribution in [0.15, 0.2) is 0 Å². The van der Waals surface area contributed by atoms with Crippen LogP contribution in [0.2, 0.25) is 0 Å². The van der Waals surface area contributed by atoms with Gasteiger partial charge in [-0.15, -0.1) is 0 Å². The van der Waals surface area contributed by atoms with Crippen molar-refractivity contribution < 1.29 is 9.59 Å². The lowest BCUT2D eigenvalue weighted by Crippen LogP contribution is -2.51. The molecule has 2 saturated heterocycles.